The van der Waals surface area contributed by atoms with Crippen LogP contribution < -0.4 is 10.8 Å². The molecule has 0 aliphatic rings. The van der Waals surface area contributed by atoms with Gasteiger partial charge in [-0.15, -0.1) is 0 Å². The van der Waals surface area contributed by atoms with Crippen molar-refractivity contribution < 1.29 is 9.63 Å². The Bertz CT molecular complexity index is 338. The fourth-order valence-electron chi connectivity index (χ4n) is 0.920. The number of benzene rings is 1. The van der Waals surface area contributed by atoms with Crippen LogP contribution in [0.2, 0.25) is 10.0 Å². The van der Waals surface area contributed by atoms with Crippen LogP contribution in [-0.4, -0.2) is 12.6 Å². The van der Waals surface area contributed by atoms with Gasteiger partial charge in [-0.05, 0) is 25.1 Å². The number of hydroxylamine groups is 1. The first-order valence-electron chi connectivity index (χ1n) is 4.26. The lowest BCUT2D eigenvalue weighted by Gasteiger charge is -2.07. The molecule has 4 nitrogen and oxygen atoms in total. The third kappa shape index (κ3) is 4.38. The zero-order valence-electron chi connectivity index (χ0n) is 8.01. The summed E-state index contributed by atoms with van der Waals surface area (Å²) in [6.07, 6.45) is 0. The Hall–Kier alpha value is -0.970. The van der Waals surface area contributed by atoms with E-state index in [4.69, 9.17) is 28.0 Å². The average molecular weight is 249 g/mol. The van der Waals surface area contributed by atoms with Crippen LogP contribution in [0, 0.1) is 0 Å². The zero-order valence-corrected chi connectivity index (χ0v) is 9.52. The van der Waals surface area contributed by atoms with Gasteiger partial charge < -0.3 is 5.32 Å². The number of nitrogens with one attached hydrogen (secondary N) is 2. The first kappa shape index (κ1) is 12.1. The molecule has 2 N–H and O–H groups in total. The molecule has 0 spiro atoms. The molecule has 0 unspecified atom stereocenters. The van der Waals surface area contributed by atoms with Gasteiger partial charge in [-0.2, -0.15) is 0 Å². The number of hydrogen-bond acceptors (Lipinski definition) is 2. The molecule has 0 saturated carbocycles. The topological polar surface area (TPSA) is 50.4 Å². The van der Waals surface area contributed by atoms with Crippen molar-refractivity contribution in [2.45, 2.75) is 6.92 Å². The van der Waals surface area contributed by atoms with Crippen molar-refractivity contribution in [1.82, 2.24) is 5.48 Å². The summed E-state index contributed by atoms with van der Waals surface area (Å²) in [4.78, 5) is 15.9. The largest absolute Gasteiger partial charge is 0.343 e. The molecule has 82 valence electrons. The highest BCUT2D eigenvalue weighted by molar-refractivity contribution is 6.35. The standard InChI is InChI=1S/C9H10Cl2N2O2/c1-2-15-13-9(14)12-8-4-6(10)3-7(11)5-8/h3-5H,2H2,1H3,(H2,12,13,14). The molecule has 1 aromatic rings. The number of urea groups is 1. The molecule has 0 atom stereocenters. The van der Waals surface area contributed by atoms with Gasteiger partial charge in [0.1, 0.15) is 0 Å². The fourth-order valence-corrected chi connectivity index (χ4v) is 1.45. The summed E-state index contributed by atoms with van der Waals surface area (Å²) < 4.78 is 0. The van der Waals surface area contributed by atoms with E-state index in [1.165, 1.54) is 0 Å². The van der Waals surface area contributed by atoms with Crippen LogP contribution in [0.1, 0.15) is 6.92 Å². The van der Waals surface area contributed by atoms with Gasteiger partial charge >= 0.3 is 6.03 Å². The number of rotatable bonds is 3. The van der Waals surface area contributed by atoms with Crippen molar-refractivity contribution in [3.63, 3.8) is 0 Å². The fraction of sp³-hybridized carbons (Fsp3) is 0.222. The zero-order chi connectivity index (χ0) is 11.3. The Labute approximate surface area is 97.5 Å². The number of carbonyl (C=O) groups is 1. The summed E-state index contributed by atoms with van der Waals surface area (Å²) in [5, 5.41) is 3.42. The SMILES string of the molecule is CCONC(=O)Nc1cc(Cl)cc(Cl)c1. The Balaban J connectivity index is 2.60. The highest BCUT2D eigenvalue weighted by atomic mass is 35.5. The average Bonchev–Trinajstić information content (AvgIpc) is 2.13. The monoisotopic (exact) mass is 248 g/mol. The molecule has 1 rings (SSSR count). The Morgan fingerprint density at radius 2 is 1.93 bits per heavy atom. The second-order valence-electron chi connectivity index (χ2n) is 2.65. The number of carbonyl (C=O) groups excluding carboxylic acids is 1. The molecular weight excluding hydrogens is 239 g/mol. The van der Waals surface area contributed by atoms with Gasteiger partial charge in [0.15, 0.2) is 0 Å². The van der Waals surface area contributed by atoms with E-state index in [9.17, 15) is 4.79 Å². The molecule has 0 saturated heterocycles. The van der Waals surface area contributed by atoms with E-state index in [0.29, 0.717) is 22.3 Å². The van der Waals surface area contributed by atoms with E-state index >= 15 is 0 Å². The van der Waals surface area contributed by atoms with Gasteiger partial charge in [0.2, 0.25) is 0 Å². The molecule has 0 aromatic heterocycles. The van der Waals surface area contributed by atoms with Crippen molar-refractivity contribution in [3.8, 4) is 0 Å². The quantitative estimate of drug-likeness (QED) is 0.809. The molecule has 0 fully saturated rings. The maximum atomic E-state index is 11.2. The minimum Gasteiger partial charge on any atom is -0.306 e. The number of halogens is 2. The van der Waals surface area contributed by atoms with E-state index < -0.39 is 6.03 Å². The number of hydrogen-bond donors (Lipinski definition) is 2. The minimum absolute atomic E-state index is 0.393. The molecule has 0 radical (unpaired) electrons. The van der Waals surface area contributed by atoms with Crippen molar-refractivity contribution in [2.24, 2.45) is 0 Å². The molecule has 6 heteroatoms. The van der Waals surface area contributed by atoms with Gasteiger partial charge in [0.05, 0.1) is 6.61 Å². The maximum absolute atomic E-state index is 11.2. The summed E-state index contributed by atoms with van der Waals surface area (Å²) in [5.41, 5.74) is 2.69. The molecule has 0 aliphatic heterocycles. The molecule has 0 bridgehead atoms. The van der Waals surface area contributed by atoms with Crippen LogP contribution in [-0.2, 0) is 4.84 Å². The molecule has 0 aliphatic carbocycles. The lowest BCUT2D eigenvalue weighted by molar-refractivity contribution is 0.0758. The lowest BCUT2D eigenvalue weighted by atomic mass is 10.3. The summed E-state index contributed by atoms with van der Waals surface area (Å²) in [5.74, 6) is 0. The molecule has 2 amide bonds. The first-order chi connectivity index (χ1) is 7.11. The van der Waals surface area contributed by atoms with Crippen LogP contribution in [0.15, 0.2) is 18.2 Å². The number of amides is 2. The predicted octanol–water partition coefficient (Wildman–Crippen LogP) is 3.07. The normalized spacial score (nSPS) is 9.80. The van der Waals surface area contributed by atoms with Crippen LogP contribution in [0.3, 0.4) is 0 Å². The van der Waals surface area contributed by atoms with Gasteiger partial charge in [-0.3, -0.25) is 4.84 Å². The van der Waals surface area contributed by atoms with E-state index in [0.717, 1.165) is 0 Å². The summed E-state index contributed by atoms with van der Waals surface area (Å²) in [6.45, 7) is 2.15. The molecule has 1 aromatic carbocycles. The second kappa shape index (κ2) is 5.80. The highest BCUT2D eigenvalue weighted by Gasteiger charge is 2.02. The molecule has 15 heavy (non-hydrogen) atoms. The van der Waals surface area contributed by atoms with Crippen LogP contribution >= 0.6 is 23.2 Å². The van der Waals surface area contributed by atoms with Gasteiger partial charge in [0.25, 0.3) is 0 Å². The van der Waals surface area contributed by atoms with E-state index in [-0.39, 0.29) is 0 Å². The Kier molecular flexibility index (Phi) is 4.68. The molecular formula is C9H10Cl2N2O2. The maximum Gasteiger partial charge on any atom is 0.343 e. The second-order valence-corrected chi connectivity index (χ2v) is 3.52. The lowest BCUT2D eigenvalue weighted by Crippen LogP contribution is -2.28. The van der Waals surface area contributed by atoms with Crippen LogP contribution in [0.5, 0.6) is 0 Å². The minimum atomic E-state index is -0.477. The van der Waals surface area contributed by atoms with E-state index in [1.807, 2.05) is 0 Å². The predicted molar refractivity (Wildman–Crippen MR) is 60.2 cm³/mol. The van der Waals surface area contributed by atoms with Gasteiger partial charge in [-0.1, -0.05) is 23.2 Å². The van der Waals surface area contributed by atoms with E-state index in [2.05, 4.69) is 10.8 Å². The summed E-state index contributed by atoms with van der Waals surface area (Å²) >= 11 is 11.5. The van der Waals surface area contributed by atoms with Crippen LogP contribution in [0.25, 0.3) is 0 Å². The third-order valence-electron chi connectivity index (χ3n) is 1.43. The van der Waals surface area contributed by atoms with Crippen LogP contribution in [0.4, 0.5) is 10.5 Å². The summed E-state index contributed by atoms with van der Waals surface area (Å²) in [6, 6.07) is 4.27. The van der Waals surface area contributed by atoms with Crippen molar-refractivity contribution in [1.29, 1.82) is 0 Å². The van der Waals surface area contributed by atoms with E-state index in [1.54, 1.807) is 25.1 Å². The summed E-state index contributed by atoms with van der Waals surface area (Å²) in [7, 11) is 0. The Morgan fingerprint density at radius 1 is 1.33 bits per heavy atom. The van der Waals surface area contributed by atoms with Crippen molar-refractivity contribution >= 4 is 34.9 Å². The third-order valence-corrected chi connectivity index (χ3v) is 1.87. The van der Waals surface area contributed by atoms with Crippen molar-refractivity contribution in [3.05, 3.63) is 28.2 Å². The van der Waals surface area contributed by atoms with Crippen molar-refractivity contribution in [2.75, 3.05) is 11.9 Å². The van der Waals surface area contributed by atoms with Gasteiger partial charge in [0, 0.05) is 15.7 Å². The molecule has 0 heterocycles. The first-order valence-corrected chi connectivity index (χ1v) is 5.02. The smallest absolute Gasteiger partial charge is 0.306 e. The Morgan fingerprint density at radius 3 is 2.47 bits per heavy atom. The highest BCUT2D eigenvalue weighted by Crippen LogP contribution is 2.22. The van der Waals surface area contributed by atoms with Gasteiger partial charge in [-0.25, -0.2) is 10.3 Å². The number of anilines is 1.